The Kier molecular flexibility index (Phi) is 2.93. The van der Waals surface area contributed by atoms with E-state index >= 15 is 0 Å². The fourth-order valence-electron chi connectivity index (χ4n) is 2.39. The van der Waals surface area contributed by atoms with E-state index in [1.165, 1.54) is 16.5 Å². The van der Waals surface area contributed by atoms with Crippen LogP contribution in [0.1, 0.15) is 31.7 Å². The summed E-state index contributed by atoms with van der Waals surface area (Å²) in [5.74, 6) is 0.653. The molecule has 1 nitrogen and oxygen atoms in total. The molecule has 3 atom stereocenters. The van der Waals surface area contributed by atoms with E-state index in [4.69, 9.17) is 0 Å². The lowest BCUT2D eigenvalue weighted by Gasteiger charge is -2.16. The van der Waals surface area contributed by atoms with Crippen LogP contribution >= 0.6 is 15.9 Å². The van der Waals surface area contributed by atoms with Crippen LogP contribution in [-0.4, -0.2) is 12.1 Å². The van der Waals surface area contributed by atoms with E-state index in [9.17, 15) is 0 Å². The normalized spacial score (nSPS) is 32.1. The molecule has 1 saturated heterocycles. The maximum Gasteiger partial charge on any atom is 0.0210 e. The van der Waals surface area contributed by atoms with Crippen LogP contribution in [0, 0.1) is 0 Å². The quantitative estimate of drug-likeness (QED) is 0.810. The van der Waals surface area contributed by atoms with Gasteiger partial charge < -0.3 is 5.32 Å². The minimum atomic E-state index is 0.587. The fourth-order valence-corrected chi connectivity index (χ4v) is 2.97. The third-order valence-corrected chi connectivity index (χ3v) is 3.79. The van der Waals surface area contributed by atoms with Gasteiger partial charge in [-0.3, -0.25) is 0 Å². The van der Waals surface area contributed by atoms with Gasteiger partial charge in [-0.25, -0.2) is 0 Å². The van der Waals surface area contributed by atoms with Crippen LogP contribution in [-0.2, 0) is 0 Å². The summed E-state index contributed by atoms with van der Waals surface area (Å²) >= 11 is 3.63. The van der Waals surface area contributed by atoms with E-state index in [0.717, 1.165) is 0 Å². The van der Waals surface area contributed by atoms with Gasteiger partial charge in [-0.1, -0.05) is 34.1 Å². The molecular formula is C12H16BrN. The van der Waals surface area contributed by atoms with Crippen molar-refractivity contribution in [1.29, 1.82) is 0 Å². The first-order valence-electron chi connectivity index (χ1n) is 5.19. The highest BCUT2D eigenvalue weighted by molar-refractivity contribution is 9.10. The lowest BCUT2D eigenvalue weighted by atomic mass is 9.92. The van der Waals surface area contributed by atoms with Crippen molar-refractivity contribution in [1.82, 2.24) is 5.32 Å². The van der Waals surface area contributed by atoms with Crippen LogP contribution in [0.5, 0.6) is 0 Å². The largest absolute Gasteiger partial charge is 0.311 e. The molecule has 0 aliphatic carbocycles. The molecule has 0 radical (unpaired) electrons. The van der Waals surface area contributed by atoms with Crippen molar-refractivity contribution in [3.63, 3.8) is 0 Å². The summed E-state index contributed by atoms with van der Waals surface area (Å²) in [7, 11) is 0. The van der Waals surface area contributed by atoms with Crippen LogP contribution in [0.2, 0.25) is 0 Å². The molecule has 14 heavy (non-hydrogen) atoms. The Bertz CT molecular complexity index is 324. The molecule has 1 heterocycles. The van der Waals surface area contributed by atoms with Crippen molar-refractivity contribution in [2.24, 2.45) is 0 Å². The maximum absolute atomic E-state index is 3.63. The molecule has 1 aliphatic rings. The molecule has 2 heteroatoms. The SMILES string of the molecule is CC1CC(c2ccccc2Br)C(C)N1. The Morgan fingerprint density at radius 3 is 2.57 bits per heavy atom. The van der Waals surface area contributed by atoms with Crippen LogP contribution in [0.4, 0.5) is 0 Å². The van der Waals surface area contributed by atoms with E-state index in [2.05, 4.69) is 59.4 Å². The van der Waals surface area contributed by atoms with Gasteiger partial charge in [0.05, 0.1) is 0 Å². The Hall–Kier alpha value is -0.340. The Morgan fingerprint density at radius 2 is 2.00 bits per heavy atom. The van der Waals surface area contributed by atoms with Crippen molar-refractivity contribution in [2.75, 3.05) is 0 Å². The molecule has 1 aliphatic heterocycles. The second kappa shape index (κ2) is 4.03. The molecule has 1 fully saturated rings. The van der Waals surface area contributed by atoms with Crippen molar-refractivity contribution < 1.29 is 0 Å². The molecule has 76 valence electrons. The molecule has 0 spiro atoms. The van der Waals surface area contributed by atoms with E-state index in [-0.39, 0.29) is 0 Å². The average Bonchev–Trinajstić information content (AvgIpc) is 2.46. The highest BCUT2D eigenvalue weighted by Crippen LogP contribution is 2.34. The summed E-state index contributed by atoms with van der Waals surface area (Å²) in [5, 5.41) is 3.57. The second-order valence-corrected chi connectivity index (χ2v) is 5.07. The Morgan fingerprint density at radius 1 is 1.29 bits per heavy atom. The number of rotatable bonds is 1. The summed E-state index contributed by atoms with van der Waals surface area (Å²) < 4.78 is 1.24. The first kappa shape index (κ1) is 10.2. The van der Waals surface area contributed by atoms with Gasteiger partial charge in [0, 0.05) is 22.5 Å². The summed E-state index contributed by atoms with van der Waals surface area (Å²) in [6, 6.07) is 9.78. The molecule has 0 bridgehead atoms. The lowest BCUT2D eigenvalue weighted by Crippen LogP contribution is -2.26. The number of benzene rings is 1. The van der Waals surface area contributed by atoms with Crippen molar-refractivity contribution >= 4 is 15.9 Å². The number of hydrogen-bond donors (Lipinski definition) is 1. The summed E-state index contributed by atoms with van der Waals surface area (Å²) in [6.45, 7) is 4.53. The fraction of sp³-hybridized carbons (Fsp3) is 0.500. The summed E-state index contributed by atoms with van der Waals surface area (Å²) in [4.78, 5) is 0. The molecule has 0 aromatic heterocycles. The Balaban J connectivity index is 2.27. The van der Waals surface area contributed by atoms with Crippen LogP contribution < -0.4 is 5.32 Å². The number of nitrogens with one attached hydrogen (secondary N) is 1. The molecule has 2 rings (SSSR count). The third-order valence-electron chi connectivity index (χ3n) is 3.06. The van der Waals surface area contributed by atoms with Crippen molar-refractivity contribution in [3.05, 3.63) is 34.3 Å². The van der Waals surface area contributed by atoms with Gasteiger partial charge in [0.25, 0.3) is 0 Å². The highest BCUT2D eigenvalue weighted by atomic mass is 79.9. The monoisotopic (exact) mass is 253 g/mol. The minimum absolute atomic E-state index is 0.587. The molecule has 3 unspecified atom stereocenters. The van der Waals surface area contributed by atoms with E-state index in [0.29, 0.717) is 18.0 Å². The Labute approximate surface area is 94.0 Å². The standard InChI is InChI=1S/C12H16BrN/c1-8-7-11(9(2)14-8)10-5-3-4-6-12(10)13/h3-6,8-9,11,14H,7H2,1-2H3. The van der Waals surface area contributed by atoms with Crippen LogP contribution in [0.3, 0.4) is 0 Å². The summed E-state index contributed by atoms with van der Waals surface area (Å²) in [5.41, 5.74) is 1.44. The average molecular weight is 254 g/mol. The predicted molar refractivity (Wildman–Crippen MR) is 63.6 cm³/mol. The zero-order chi connectivity index (χ0) is 10.1. The molecule has 1 aromatic carbocycles. The van der Waals surface area contributed by atoms with Crippen molar-refractivity contribution in [3.8, 4) is 0 Å². The van der Waals surface area contributed by atoms with Gasteiger partial charge in [-0.2, -0.15) is 0 Å². The topological polar surface area (TPSA) is 12.0 Å². The summed E-state index contributed by atoms with van der Waals surface area (Å²) in [6.07, 6.45) is 1.24. The van der Waals surface area contributed by atoms with Gasteiger partial charge in [-0.05, 0) is 31.9 Å². The molecule has 1 aromatic rings. The van der Waals surface area contributed by atoms with Crippen molar-refractivity contribution in [2.45, 2.75) is 38.3 Å². The van der Waals surface area contributed by atoms with Gasteiger partial charge in [0.2, 0.25) is 0 Å². The van der Waals surface area contributed by atoms with Gasteiger partial charge in [0.15, 0.2) is 0 Å². The third kappa shape index (κ3) is 1.86. The first-order valence-corrected chi connectivity index (χ1v) is 5.98. The van der Waals surface area contributed by atoms with E-state index < -0.39 is 0 Å². The van der Waals surface area contributed by atoms with Crippen LogP contribution in [0.15, 0.2) is 28.7 Å². The van der Waals surface area contributed by atoms with Gasteiger partial charge in [-0.15, -0.1) is 0 Å². The molecule has 1 N–H and O–H groups in total. The molecule has 0 amide bonds. The van der Waals surface area contributed by atoms with Gasteiger partial charge >= 0.3 is 0 Å². The smallest absolute Gasteiger partial charge is 0.0210 e. The highest BCUT2D eigenvalue weighted by Gasteiger charge is 2.29. The van der Waals surface area contributed by atoms with Crippen LogP contribution in [0.25, 0.3) is 0 Å². The predicted octanol–water partition coefficient (Wildman–Crippen LogP) is 3.30. The van der Waals surface area contributed by atoms with E-state index in [1.54, 1.807) is 0 Å². The first-order chi connectivity index (χ1) is 6.68. The van der Waals surface area contributed by atoms with Gasteiger partial charge in [0.1, 0.15) is 0 Å². The lowest BCUT2D eigenvalue weighted by molar-refractivity contribution is 0.574. The second-order valence-electron chi connectivity index (χ2n) is 4.22. The zero-order valence-electron chi connectivity index (χ0n) is 8.63. The van der Waals surface area contributed by atoms with E-state index in [1.807, 2.05) is 0 Å². The number of halogens is 1. The minimum Gasteiger partial charge on any atom is -0.311 e. The number of hydrogen-bond acceptors (Lipinski definition) is 1. The molecule has 0 saturated carbocycles. The molecular weight excluding hydrogens is 238 g/mol. The maximum atomic E-state index is 3.63. The zero-order valence-corrected chi connectivity index (χ0v) is 10.2.